The van der Waals surface area contributed by atoms with E-state index in [0.29, 0.717) is 5.78 Å². The third kappa shape index (κ3) is 2.00. The summed E-state index contributed by atoms with van der Waals surface area (Å²) in [6.45, 7) is 4.25. The lowest BCUT2D eigenvalue weighted by molar-refractivity contribution is -0.132. The normalized spacial score (nSPS) is 37.4. The van der Waals surface area contributed by atoms with Crippen molar-refractivity contribution in [3.63, 3.8) is 0 Å². The van der Waals surface area contributed by atoms with E-state index in [1.54, 1.807) is 0 Å². The van der Waals surface area contributed by atoms with E-state index in [1.165, 1.54) is 6.42 Å². The predicted molar refractivity (Wildman–Crippen MR) is 55.2 cm³/mol. The molecule has 0 aromatic heterocycles. The van der Waals surface area contributed by atoms with Crippen LogP contribution in [0.1, 0.15) is 52.4 Å². The maximum atomic E-state index is 11.7. The van der Waals surface area contributed by atoms with Crippen LogP contribution in [0.15, 0.2) is 0 Å². The lowest BCUT2D eigenvalue weighted by Crippen LogP contribution is -2.32. The SMILES string of the molecule is CC1(C)CC[C@H]([C@H]2CCCCC2=O)O1. The number of ether oxygens (including phenoxy) is 1. The van der Waals surface area contributed by atoms with Crippen LogP contribution in [0.2, 0.25) is 0 Å². The minimum absolute atomic E-state index is 0.00237. The highest BCUT2D eigenvalue weighted by Gasteiger charge is 2.39. The Bertz CT molecular complexity index is 232. The largest absolute Gasteiger partial charge is 0.372 e. The number of hydrogen-bond donors (Lipinski definition) is 0. The molecule has 0 spiro atoms. The average molecular weight is 196 g/mol. The molecule has 2 rings (SSSR count). The molecule has 2 aliphatic rings. The molecule has 2 fully saturated rings. The van der Waals surface area contributed by atoms with Crippen molar-refractivity contribution in [1.82, 2.24) is 0 Å². The van der Waals surface area contributed by atoms with Crippen molar-refractivity contribution in [2.45, 2.75) is 64.1 Å². The van der Waals surface area contributed by atoms with Gasteiger partial charge in [-0.25, -0.2) is 0 Å². The van der Waals surface area contributed by atoms with Crippen molar-refractivity contribution in [2.75, 3.05) is 0 Å². The lowest BCUT2D eigenvalue weighted by Gasteiger charge is -2.27. The number of carbonyl (C=O) groups is 1. The molecule has 2 nitrogen and oxygen atoms in total. The first-order valence-corrected chi connectivity index (χ1v) is 5.79. The van der Waals surface area contributed by atoms with E-state index >= 15 is 0 Å². The smallest absolute Gasteiger partial charge is 0.138 e. The van der Waals surface area contributed by atoms with Crippen molar-refractivity contribution in [3.05, 3.63) is 0 Å². The summed E-state index contributed by atoms with van der Waals surface area (Å²) in [5.74, 6) is 0.657. The standard InChI is InChI=1S/C12H20O2/c1-12(2)8-7-11(14-12)9-5-3-4-6-10(9)13/h9,11H,3-8H2,1-2H3/t9-,11+/m0/s1. The third-order valence-corrected chi connectivity index (χ3v) is 3.55. The van der Waals surface area contributed by atoms with Gasteiger partial charge < -0.3 is 4.74 Å². The van der Waals surface area contributed by atoms with Gasteiger partial charge in [-0.1, -0.05) is 6.42 Å². The Morgan fingerprint density at radius 1 is 1.29 bits per heavy atom. The molecule has 0 aromatic rings. The number of ketones is 1. The number of carbonyl (C=O) groups excluding carboxylic acids is 1. The van der Waals surface area contributed by atoms with Crippen LogP contribution in [0.25, 0.3) is 0 Å². The molecule has 14 heavy (non-hydrogen) atoms. The molecule has 1 saturated heterocycles. The topological polar surface area (TPSA) is 26.3 Å². The summed E-state index contributed by atoms with van der Waals surface area (Å²) in [6, 6.07) is 0. The zero-order valence-electron chi connectivity index (χ0n) is 9.21. The summed E-state index contributed by atoms with van der Waals surface area (Å²) in [4.78, 5) is 11.7. The van der Waals surface area contributed by atoms with Gasteiger partial charge in [-0.3, -0.25) is 4.79 Å². The summed E-state index contributed by atoms with van der Waals surface area (Å²) in [7, 11) is 0. The van der Waals surface area contributed by atoms with Crippen molar-refractivity contribution in [3.8, 4) is 0 Å². The molecule has 1 saturated carbocycles. The molecule has 2 heteroatoms. The number of Topliss-reactive ketones (excluding diaryl/α,β-unsaturated/α-hetero) is 1. The number of hydrogen-bond acceptors (Lipinski definition) is 2. The van der Waals surface area contributed by atoms with Crippen LogP contribution in [-0.2, 0) is 9.53 Å². The van der Waals surface area contributed by atoms with Gasteiger partial charge in [0, 0.05) is 12.3 Å². The second kappa shape index (κ2) is 3.65. The fraction of sp³-hybridized carbons (Fsp3) is 0.917. The van der Waals surface area contributed by atoms with E-state index in [4.69, 9.17) is 4.74 Å². The number of rotatable bonds is 1. The zero-order chi connectivity index (χ0) is 10.2. The molecule has 0 radical (unpaired) electrons. The van der Waals surface area contributed by atoms with E-state index in [9.17, 15) is 4.79 Å². The summed E-state index contributed by atoms with van der Waals surface area (Å²) in [5.41, 5.74) is 0.00237. The van der Waals surface area contributed by atoms with E-state index in [1.807, 2.05) is 0 Å². The maximum absolute atomic E-state index is 11.7. The highest BCUT2D eigenvalue weighted by atomic mass is 16.5. The monoisotopic (exact) mass is 196 g/mol. The van der Waals surface area contributed by atoms with Crippen LogP contribution in [0.3, 0.4) is 0 Å². The average Bonchev–Trinajstić information content (AvgIpc) is 2.47. The highest BCUT2D eigenvalue weighted by molar-refractivity contribution is 5.82. The third-order valence-electron chi connectivity index (χ3n) is 3.55. The Kier molecular flexibility index (Phi) is 2.65. The molecular weight excluding hydrogens is 176 g/mol. The fourth-order valence-electron chi connectivity index (χ4n) is 2.70. The van der Waals surface area contributed by atoms with Crippen molar-refractivity contribution < 1.29 is 9.53 Å². The maximum Gasteiger partial charge on any atom is 0.138 e. The van der Waals surface area contributed by atoms with Gasteiger partial charge in [0.2, 0.25) is 0 Å². The lowest BCUT2D eigenvalue weighted by atomic mass is 9.83. The van der Waals surface area contributed by atoms with Crippen molar-refractivity contribution >= 4 is 5.78 Å². The van der Waals surface area contributed by atoms with Gasteiger partial charge in [-0.15, -0.1) is 0 Å². The predicted octanol–water partition coefficient (Wildman–Crippen LogP) is 2.70. The van der Waals surface area contributed by atoms with Crippen LogP contribution >= 0.6 is 0 Å². The Hall–Kier alpha value is -0.370. The Labute approximate surface area is 86.0 Å². The van der Waals surface area contributed by atoms with E-state index in [2.05, 4.69) is 13.8 Å². The molecule has 1 heterocycles. The summed E-state index contributed by atoms with van der Waals surface area (Å²) < 4.78 is 5.94. The minimum Gasteiger partial charge on any atom is -0.372 e. The molecular formula is C12H20O2. The first-order chi connectivity index (χ1) is 6.58. The van der Waals surface area contributed by atoms with Gasteiger partial charge in [0.1, 0.15) is 5.78 Å². The van der Waals surface area contributed by atoms with Gasteiger partial charge in [0.15, 0.2) is 0 Å². The van der Waals surface area contributed by atoms with Gasteiger partial charge in [-0.05, 0) is 39.5 Å². The minimum atomic E-state index is 0.00237. The van der Waals surface area contributed by atoms with E-state index < -0.39 is 0 Å². The Balaban J connectivity index is 1.98. The molecule has 1 aliphatic carbocycles. The van der Waals surface area contributed by atoms with Crippen LogP contribution in [-0.4, -0.2) is 17.5 Å². The van der Waals surface area contributed by atoms with Crippen LogP contribution in [0.4, 0.5) is 0 Å². The van der Waals surface area contributed by atoms with Crippen molar-refractivity contribution in [2.24, 2.45) is 5.92 Å². The second-order valence-electron chi connectivity index (χ2n) is 5.27. The fourth-order valence-corrected chi connectivity index (χ4v) is 2.70. The molecule has 0 amide bonds. The van der Waals surface area contributed by atoms with Crippen LogP contribution in [0, 0.1) is 5.92 Å². The molecule has 0 bridgehead atoms. The van der Waals surface area contributed by atoms with E-state index in [-0.39, 0.29) is 17.6 Å². The molecule has 80 valence electrons. The summed E-state index contributed by atoms with van der Waals surface area (Å²) >= 11 is 0. The van der Waals surface area contributed by atoms with Crippen molar-refractivity contribution in [1.29, 1.82) is 0 Å². The van der Waals surface area contributed by atoms with Crippen LogP contribution in [0.5, 0.6) is 0 Å². The molecule has 2 atom stereocenters. The van der Waals surface area contributed by atoms with Gasteiger partial charge in [0.05, 0.1) is 11.7 Å². The summed E-state index contributed by atoms with van der Waals surface area (Å²) in [6.07, 6.45) is 6.52. The molecule has 0 aromatic carbocycles. The second-order valence-corrected chi connectivity index (χ2v) is 5.27. The first kappa shape index (κ1) is 10.2. The Morgan fingerprint density at radius 3 is 2.64 bits per heavy atom. The van der Waals surface area contributed by atoms with Gasteiger partial charge >= 0.3 is 0 Å². The van der Waals surface area contributed by atoms with Gasteiger partial charge in [-0.2, -0.15) is 0 Å². The van der Waals surface area contributed by atoms with Gasteiger partial charge in [0.25, 0.3) is 0 Å². The first-order valence-electron chi connectivity index (χ1n) is 5.79. The quantitative estimate of drug-likeness (QED) is 0.644. The molecule has 1 aliphatic heterocycles. The van der Waals surface area contributed by atoms with Crippen LogP contribution < -0.4 is 0 Å². The summed E-state index contributed by atoms with van der Waals surface area (Å²) in [5, 5.41) is 0. The molecule has 0 N–H and O–H groups in total. The Morgan fingerprint density at radius 2 is 2.07 bits per heavy atom. The molecule has 0 unspecified atom stereocenters. The zero-order valence-corrected chi connectivity index (χ0v) is 9.21. The van der Waals surface area contributed by atoms with E-state index in [0.717, 1.165) is 32.1 Å². The highest BCUT2D eigenvalue weighted by Crippen LogP contribution is 2.37.